The van der Waals surface area contributed by atoms with E-state index in [2.05, 4.69) is 15.0 Å². The van der Waals surface area contributed by atoms with Crippen molar-refractivity contribution in [2.24, 2.45) is 0 Å². The maximum Gasteiger partial charge on any atom is 0.343 e. The Morgan fingerprint density at radius 1 is 1.38 bits per heavy atom. The molecule has 0 aliphatic carbocycles. The normalized spacial score (nSPS) is 11.7. The van der Waals surface area contributed by atoms with Crippen LogP contribution in [-0.2, 0) is 16.1 Å². The Hall–Kier alpha value is -2.12. The first-order valence-electron chi connectivity index (χ1n) is 7.30. The summed E-state index contributed by atoms with van der Waals surface area (Å²) in [5, 5.41) is 6.78. The average Bonchev–Trinajstić information content (AvgIpc) is 2.94. The van der Waals surface area contributed by atoms with Crippen molar-refractivity contribution in [3.05, 3.63) is 46.1 Å². The molecule has 0 fully saturated rings. The van der Waals surface area contributed by atoms with Gasteiger partial charge in [0.25, 0.3) is 5.91 Å². The van der Waals surface area contributed by atoms with Gasteiger partial charge >= 0.3 is 5.97 Å². The number of hydrogen-bond acceptors (Lipinski definition) is 6. The van der Waals surface area contributed by atoms with Crippen molar-refractivity contribution in [3.8, 4) is 0 Å². The van der Waals surface area contributed by atoms with E-state index in [0.29, 0.717) is 21.3 Å². The molecule has 2 rings (SSSR count). The molecule has 0 saturated heterocycles. The summed E-state index contributed by atoms with van der Waals surface area (Å²) in [5.41, 5.74) is 1.72. The quantitative estimate of drug-likeness (QED) is 0.767. The van der Waals surface area contributed by atoms with Gasteiger partial charge < -0.3 is 15.4 Å². The zero-order valence-electron chi connectivity index (χ0n) is 13.6. The Kier molecular flexibility index (Phi) is 6.16. The minimum atomic E-state index is -0.927. The molecule has 1 amide bonds. The third-order valence-electron chi connectivity index (χ3n) is 3.36. The predicted molar refractivity (Wildman–Crippen MR) is 94.6 cm³/mol. The maximum atomic E-state index is 12.3. The van der Waals surface area contributed by atoms with Gasteiger partial charge in [-0.3, -0.25) is 4.79 Å². The van der Waals surface area contributed by atoms with Crippen molar-refractivity contribution in [2.75, 3.05) is 12.4 Å². The van der Waals surface area contributed by atoms with Crippen LogP contribution in [0.2, 0.25) is 5.02 Å². The Morgan fingerprint density at radius 3 is 2.75 bits per heavy atom. The van der Waals surface area contributed by atoms with Crippen molar-refractivity contribution >= 4 is 40.0 Å². The third-order valence-corrected chi connectivity index (χ3v) is 4.68. The van der Waals surface area contributed by atoms with E-state index in [9.17, 15) is 9.59 Å². The third kappa shape index (κ3) is 4.24. The summed E-state index contributed by atoms with van der Waals surface area (Å²) in [5.74, 6) is -0.971. The van der Waals surface area contributed by atoms with Crippen LogP contribution in [0.5, 0.6) is 0 Å². The van der Waals surface area contributed by atoms with Crippen molar-refractivity contribution < 1.29 is 14.3 Å². The maximum absolute atomic E-state index is 12.3. The van der Waals surface area contributed by atoms with Crippen molar-refractivity contribution in [2.45, 2.75) is 26.5 Å². The second-order valence-electron chi connectivity index (χ2n) is 5.08. The van der Waals surface area contributed by atoms with Gasteiger partial charge in [0.05, 0.1) is 5.69 Å². The fourth-order valence-electron chi connectivity index (χ4n) is 2.02. The molecule has 1 atom stereocenters. The summed E-state index contributed by atoms with van der Waals surface area (Å²) in [6, 6.07) is 7.22. The second-order valence-corrected chi connectivity index (χ2v) is 6.26. The molecule has 1 unspecified atom stereocenters. The van der Waals surface area contributed by atoms with E-state index < -0.39 is 18.0 Å². The first kappa shape index (κ1) is 18.2. The summed E-state index contributed by atoms with van der Waals surface area (Å²) in [6.45, 7) is 3.51. The molecule has 8 heteroatoms. The van der Waals surface area contributed by atoms with Crippen molar-refractivity contribution in [1.82, 2.24) is 9.69 Å². The molecule has 2 aromatic rings. The molecule has 0 saturated carbocycles. The molecule has 0 spiro atoms. The number of carbonyl (C=O) groups is 2. The van der Waals surface area contributed by atoms with Gasteiger partial charge in [0, 0.05) is 18.6 Å². The summed E-state index contributed by atoms with van der Waals surface area (Å²) >= 11 is 7.21. The van der Waals surface area contributed by atoms with E-state index >= 15 is 0 Å². The standard InChI is InChI=1S/C16H18ClN3O3S/c1-9-13(15(18-3)24-20-9)16(22)23-10(2)14(21)19-8-11-6-4-5-7-12(11)17/h4-7,10,18H,8H2,1-3H3,(H,19,21). The Bertz CT molecular complexity index is 748. The molecule has 1 aromatic carbocycles. The lowest BCUT2D eigenvalue weighted by Crippen LogP contribution is -2.35. The molecule has 1 heterocycles. The number of esters is 1. The van der Waals surface area contributed by atoms with E-state index in [1.807, 2.05) is 18.2 Å². The first-order valence-corrected chi connectivity index (χ1v) is 8.45. The number of nitrogens with zero attached hydrogens (tertiary/aromatic N) is 1. The summed E-state index contributed by atoms with van der Waals surface area (Å²) < 4.78 is 9.35. The number of benzene rings is 1. The zero-order chi connectivity index (χ0) is 17.7. The highest BCUT2D eigenvalue weighted by atomic mass is 35.5. The van der Waals surface area contributed by atoms with Crippen LogP contribution in [0.3, 0.4) is 0 Å². The second kappa shape index (κ2) is 8.12. The molecular formula is C16H18ClN3O3S. The van der Waals surface area contributed by atoms with E-state index in [1.54, 1.807) is 20.0 Å². The van der Waals surface area contributed by atoms with Gasteiger partial charge in [-0.15, -0.1) is 0 Å². The van der Waals surface area contributed by atoms with Crippen molar-refractivity contribution in [1.29, 1.82) is 0 Å². The van der Waals surface area contributed by atoms with E-state index in [0.717, 1.165) is 5.56 Å². The summed E-state index contributed by atoms with van der Waals surface area (Å²) in [7, 11) is 1.70. The molecule has 24 heavy (non-hydrogen) atoms. The highest BCUT2D eigenvalue weighted by Crippen LogP contribution is 2.25. The number of halogens is 1. The lowest BCUT2D eigenvalue weighted by atomic mass is 10.2. The fourth-order valence-corrected chi connectivity index (χ4v) is 2.96. The van der Waals surface area contributed by atoms with Gasteiger partial charge in [-0.25, -0.2) is 4.79 Å². The molecule has 128 valence electrons. The highest BCUT2D eigenvalue weighted by Gasteiger charge is 2.24. The topological polar surface area (TPSA) is 80.3 Å². The molecule has 6 nitrogen and oxygen atoms in total. The monoisotopic (exact) mass is 367 g/mol. The number of rotatable bonds is 6. The van der Waals surface area contributed by atoms with Crippen LogP contribution in [0.4, 0.5) is 5.00 Å². The van der Waals surface area contributed by atoms with Gasteiger partial charge in [0.2, 0.25) is 0 Å². The molecule has 0 aliphatic rings. The number of amides is 1. The Labute approximate surface area is 149 Å². The van der Waals surface area contributed by atoms with Gasteiger partial charge in [0.15, 0.2) is 6.10 Å². The number of aryl methyl sites for hydroxylation is 1. The van der Waals surface area contributed by atoms with E-state index in [4.69, 9.17) is 16.3 Å². The Balaban J connectivity index is 1.95. The van der Waals surface area contributed by atoms with Crippen LogP contribution >= 0.6 is 23.1 Å². The Morgan fingerprint density at radius 2 is 2.08 bits per heavy atom. The molecule has 0 radical (unpaired) electrons. The van der Waals surface area contributed by atoms with Gasteiger partial charge in [-0.1, -0.05) is 29.8 Å². The number of aromatic nitrogens is 1. The molecular weight excluding hydrogens is 350 g/mol. The molecule has 2 N–H and O–H groups in total. The number of anilines is 1. The lowest BCUT2D eigenvalue weighted by Gasteiger charge is -2.14. The van der Waals surface area contributed by atoms with Crippen LogP contribution in [0, 0.1) is 6.92 Å². The SMILES string of the molecule is CNc1snc(C)c1C(=O)OC(C)C(=O)NCc1ccccc1Cl. The number of ether oxygens (including phenoxy) is 1. The zero-order valence-corrected chi connectivity index (χ0v) is 15.1. The smallest absolute Gasteiger partial charge is 0.343 e. The minimum Gasteiger partial charge on any atom is -0.449 e. The van der Waals surface area contributed by atoms with Crippen molar-refractivity contribution in [3.63, 3.8) is 0 Å². The van der Waals surface area contributed by atoms with E-state index in [-0.39, 0.29) is 6.54 Å². The molecule has 0 bridgehead atoms. The van der Waals surface area contributed by atoms with Crippen LogP contribution in [0.25, 0.3) is 0 Å². The van der Waals surface area contributed by atoms with Gasteiger partial charge in [-0.2, -0.15) is 4.37 Å². The summed E-state index contributed by atoms with van der Waals surface area (Å²) in [6.07, 6.45) is -0.927. The van der Waals surface area contributed by atoms with Crippen LogP contribution in [0.1, 0.15) is 28.5 Å². The number of hydrogen-bond donors (Lipinski definition) is 2. The minimum absolute atomic E-state index is 0.265. The highest BCUT2D eigenvalue weighted by molar-refractivity contribution is 7.10. The van der Waals surface area contributed by atoms with Gasteiger partial charge in [-0.05, 0) is 37.0 Å². The predicted octanol–water partition coefficient (Wildman–Crippen LogP) is 3.01. The van der Waals surface area contributed by atoms with E-state index in [1.165, 1.54) is 18.5 Å². The average molecular weight is 368 g/mol. The molecule has 0 aliphatic heterocycles. The summed E-state index contributed by atoms with van der Waals surface area (Å²) in [4.78, 5) is 24.4. The largest absolute Gasteiger partial charge is 0.449 e. The molecule has 1 aromatic heterocycles. The van der Waals surface area contributed by atoms with Crippen LogP contribution in [0.15, 0.2) is 24.3 Å². The number of carbonyl (C=O) groups excluding carboxylic acids is 2. The van der Waals surface area contributed by atoms with Crippen LogP contribution < -0.4 is 10.6 Å². The number of nitrogens with one attached hydrogen (secondary N) is 2. The first-order chi connectivity index (χ1) is 11.4. The van der Waals surface area contributed by atoms with Crippen LogP contribution in [-0.4, -0.2) is 29.4 Å². The lowest BCUT2D eigenvalue weighted by molar-refractivity contribution is -0.129. The fraction of sp³-hybridized carbons (Fsp3) is 0.312. The van der Waals surface area contributed by atoms with Gasteiger partial charge in [0.1, 0.15) is 10.6 Å².